The average Bonchev–Trinajstić information content (AvgIpc) is 3.53. The van der Waals surface area contributed by atoms with E-state index in [9.17, 15) is 0 Å². The SMILES string of the molecule is C=C(CCc1cnn(C)c1)Nc1nc(N2CCOCC2)cc(-n2ccc(-c3cccc(C)c3)n2)n1. The van der Waals surface area contributed by atoms with Crippen LogP contribution in [0.2, 0.25) is 0 Å². The second-order valence-electron chi connectivity index (χ2n) is 8.77. The Bertz CT molecular complexity index is 1320. The van der Waals surface area contributed by atoms with Gasteiger partial charge in [0.25, 0.3) is 0 Å². The number of hydrogen-bond donors (Lipinski definition) is 1. The van der Waals surface area contributed by atoms with Crippen LogP contribution in [-0.2, 0) is 18.2 Å². The molecular formula is C26H30N8O. The van der Waals surface area contributed by atoms with E-state index in [0.717, 1.165) is 48.7 Å². The molecule has 9 nitrogen and oxygen atoms in total. The van der Waals surface area contributed by atoms with Crippen molar-refractivity contribution in [2.75, 3.05) is 36.5 Å². The number of allylic oxidation sites excluding steroid dienone is 1. The molecule has 1 N–H and O–H groups in total. The molecule has 4 heterocycles. The highest BCUT2D eigenvalue weighted by molar-refractivity contribution is 5.60. The summed E-state index contributed by atoms with van der Waals surface area (Å²) in [6, 6.07) is 12.3. The zero-order chi connectivity index (χ0) is 24.2. The van der Waals surface area contributed by atoms with Crippen LogP contribution in [0.1, 0.15) is 17.5 Å². The van der Waals surface area contributed by atoms with Crippen LogP contribution < -0.4 is 10.2 Å². The third kappa shape index (κ3) is 5.58. The van der Waals surface area contributed by atoms with Gasteiger partial charge in [-0.15, -0.1) is 0 Å². The Hall–Kier alpha value is -3.98. The number of anilines is 2. The number of hydrogen-bond acceptors (Lipinski definition) is 7. The number of morpholine rings is 1. The van der Waals surface area contributed by atoms with Gasteiger partial charge in [0.15, 0.2) is 5.82 Å². The third-order valence-corrected chi connectivity index (χ3v) is 5.93. The van der Waals surface area contributed by atoms with Gasteiger partial charge in [-0.2, -0.15) is 20.2 Å². The number of ether oxygens (including phenoxy) is 1. The molecule has 180 valence electrons. The van der Waals surface area contributed by atoms with E-state index < -0.39 is 0 Å². The molecule has 0 unspecified atom stereocenters. The van der Waals surface area contributed by atoms with Gasteiger partial charge in [-0.05, 0) is 37.5 Å². The Morgan fingerprint density at radius 1 is 1.11 bits per heavy atom. The second kappa shape index (κ2) is 10.1. The molecule has 1 aliphatic rings. The van der Waals surface area contributed by atoms with Gasteiger partial charge in [-0.25, -0.2) is 4.68 Å². The van der Waals surface area contributed by atoms with Crippen LogP contribution in [0.25, 0.3) is 17.1 Å². The minimum Gasteiger partial charge on any atom is -0.378 e. The highest BCUT2D eigenvalue weighted by atomic mass is 16.5. The van der Waals surface area contributed by atoms with Crippen molar-refractivity contribution in [3.63, 3.8) is 0 Å². The van der Waals surface area contributed by atoms with E-state index in [4.69, 9.17) is 19.8 Å². The quantitative estimate of drug-likeness (QED) is 0.420. The summed E-state index contributed by atoms with van der Waals surface area (Å²) in [6.45, 7) is 9.20. The Balaban J connectivity index is 1.40. The molecule has 9 heteroatoms. The van der Waals surface area contributed by atoms with Crippen molar-refractivity contribution in [1.29, 1.82) is 0 Å². The van der Waals surface area contributed by atoms with Gasteiger partial charge in [-0.1, -0.05) is 30.3 Å². The molecule has 4 aromatic rings. The average molecular weight is 471 g/mol. The van der Waals surface area contributed by atoms with Crippen molar-refractivity contribution in [3.05, 3.63) is 78.4 Å². The first kappa shape index (κ1) is 22.8. The molecule has 0 atom stereocenters. The highest BCUT2D eigenvalue weighted by Crippen LogP contribution is 2.23. The minimum atomic E-state index is 0.507. The van der Waals surface area contributed by atoms with E-state index in [-0.39, 0.29) is 0 Å². The molecule has 1 aliphatic heterocycles. The van der Waals surface area contributed by atoms with Crippen molar-refractivity contribution in [1.82, 2.24) is 29.5 Å². The van der Waals surface area contributed by atoms with Crippen LogP contribution in [0.4, 0.5) is 11.8 Å². The maximum Gasteiger partial charge on any atom is 0.230 e. The molecule has 3 aromatic heterocycles. The fraction of sp³-hybridized carbons (Fsp3) is 0.308. The van der Waals surface area contributed by atoms with Gasteiger partial charge >= 0.3 is 0 Å². The van der Waals surface area contributed by atoms with E-state index in [0.29, 0.717) is 25.0 Å². The fourth-order valence-electron chi connectivity index (χ4n) is 4.08. The van der Waals surface area contributed by atoms with E-state index in [1.165, 1.54) is 11.1 Å². The largest absolute Gasteiger partial charge is 0.378 e. The molecule has 0 radical (unpaired) electrons. The number of aromatic nitrogens is 6. The first-order valence-corrected chi connectivity index (χ1v) is 11.8. The summed E-state index contributed by atoms with van der Waals surface area (Å²) in [7, 11) is 1.92. The first-order valence-electron chi connectivity index (χ1n) is 11.8. The van der Waals surface area contributed by atoms with Crippen LogP contribution in [0.3, 0.4) is 0 Å². The standard InChI is InChI=1S/C26H30N8O/c1-19-5-4-6-22(15-19)23-9-10-34(31-23)25-16-24(33-11-13-35-14-12-33)29-26(30-25)28-20(2)7-8-21-17-27-32(3)18-21/h4-6,9-10,15-18H,2,7-8,11-14H2,1,3H3,(H,28,29,30). The topological polar surface area (TPSA) is 85.9 Å². The maximum absolute atomic E-state index is 5.53. The number of benzene rings is 1. The molecule has 1 aromatic carbocycles. The first-order chi connectivity index (χ1) is 17.0. The zero-order valence-corrected chi connectivity index (χ0v) is 20.2. The summed E-state index contributed by atoms with van der Waals surface area (Å²) in [5, 5.41) is 12.3. The molecule has 1 fully saturated rings. The summed E-state index contributed by atoms with van der Waals surface area (Å²) >= 11 is 0. The summed E-state index contributed by atoms with van der Waals surface area (Å²) in [4.78, 5) is 11.8. The Morgan fingerprint density at radius 2 is 1.94 bits per heavy atom. The lowest BCUT2D eigenvalue weighted by molar-refractivity contribution is 0.122. The van der Waals surface area contributed by atoms with Gasteiger partial charge in [0.1, 0.15) is 5.82 Å². The molecule has 1 saturated heterocycles. The molecular weight excluding hydrogens is 440 g/mol. The Morgan fingerprint density at radius 3 is 2.71 bits per heavy atom. The number of aryl methyl sites for hydroxylation is 3. The fourth-order valence-corrected chi connectivity index (χ4v) is 4.08. The molecule has 0 aliphatic carbocycles. The Kier molecular flexibility index (Phi) is 6.58. The zero-order valence-electron chi connectivity index (χ0n) is 20.2. The monoisotopic (exact) mass is 470 g/mol. The second-order valence-corrected chi connectivity index (χ2v) is 8.77. The summed E-state index contributed by atoms with van der Waals surface area (Å²) in [5.74, 6) is 2.05. The van der Waals surface area contributed by atoms with Crippen LogP contribution in [-0.4, -0.2) is 55.8 Å². The molecule has 0 saturated carbocycles. The lowest BCUT2D eigenvalue weighted by atomic mass is 10.1. The highest BCUT2D eigenvalue weighted by Gasteiger charge is 2.17. The lowest BCUT2D eigenvalue weighted by Gasteiger charge is -2.28. The van der Waals surface area contributed by atoms with Crippen LogP contribution in [0.15, 0.2) is 67.3 Å². The van der Waals surface area contributed by atoms with E-state index >= 15 is 0 Å². The van der Waals surface area contributed by atoms with Gasteiger partial charge in [0.2, 0.25) is 5.95 Å². The summed E-state index contributed by atoms with van der Waals surface area (Å²) < 4.78 is 9.14. The van der Waals surface area contributed by atoms with Crippen molar-refractivity contribution >= 4 is 11.8 Å². The van der Waals surface area contributed by atoms with E-state index in [1.807, 2.05) is 48.5 Å². The van der Waals surface area contributed by atoms with Gasteiger partial charge in [0, 0.05) is 49.9 Å². The maximum atomic E-state index is 5.53. The van der Waals surface area contributed by atoms with E-state index in [1.54, 1.807) is 4.68 Å². The van der Waals surface area contributed by atoms with Gasteiger partial charge in [0.05, 0.1) is 25.1 Å². The molecule has 0 spiro atoms. The summed E-state index contributed by atoms with van der Waals surface area (Å²) in [6.07, 6.45) is 7.43. The molecule has 0 amide bonds. The predicted octanol–water partition coefficient (Wildman–Crippen LogP) is 3.77. The molecule has 5 rings (SSSR count). The Labute approximate surface area is 205 Å². The van der Waals surface area contributed by atoms with Gasteiger partial charge < -0.3 is 15.0 Å². The predicted molar refractivity (Wildman–Crippen MR) is 137 cm³/mol. The number of nitrogens with one attached hydrogen (secondary N) is 1. The van der Waals surface area contributed by atoms with Crippen molar-refractivity contribution in [2.45, 2.75) is 19.8 Å². The van der Waals surface area contributed by atoms with Crippen molar-refractivity contribution < 1.29 is 4.74 Å². The van der Waals surface area contributed by atoms with Crippen molar-refractivity contribution in [3.8, 4) is 17.1 Å². The van der Waals surface area contributed by atoms with Crippen LogP contribution >= 0.6 is 0 Å². The third-order valence-electron chi connectivity index (χ3n) is 5.93. The van der Waals surface area contributed by atoms with Crippen LogP contribution in [0, 0.1) is 6.92 Å². The normalized spacial score (nSPS) is 13.7. The molecule has 35 heavy (non-hydrogen) atoms. The smallest absolute Gasteiger partial charge is 0.230 e. The van der Waals surface area contributed by atoms with Crippen LogP contribution in [0.5, 0.6) is 0 Å². The van der Waals surface area contributed by atoms with Crippen molar-refractivity contribution in [2.24, 2.45) is 7.05 Å². The summed E-state index contributed by atoms with van der Waals surface area (Å²) in [5.41, 5.74) is 5.19. The number of nitrogens with zero attached hydrogens (tertiary/aromatic N) is 7. The molecule has 0 bridgehead atoms. The van der Waals surface area contributed by atoms with E-state index in [2.05, 4.69) is 47.0 Å². The number of rotatable bonds is 8. The van der Waals surface area contributed by atoms with Gasteiger partial charge in [-0.3, -0.25) is 4.68 Å². The minimum absolute atomic E-state index is 0.507. The lowest BCUT2D eigenvalue weighted by Crippen LogP contribution is -2.37.